The lowest BCUT2D eigenvalue weighted by atomic mass is 9.82. The molecule has 2 nitrogen and oxygen atoms in total. The van der Waals surface area contributed by atoms with Crippen molar-refractivity contribution in [1.82, 2.24) is 9.97 Å². The Morgan fingerprint density at radius 1 is 0.714 bits per heavy atom. The van der Waals surface area contributed by atoms with Crippen LogP contribution in [-0.2, 0) is 5.41 Å². The van der Waals surface area contributed by atoms with E-state index in [-0.39, 0.29) is 5.41 Å². The van der Waals surface area contributed by atoms with E-state index in [0.717, 1.165) is 21.2 Å². The summed E-state index contributed by atoms with van der Waals surface area (Å²) in [6.07, 6.45) is 0. The van der Waals surface area contributed by atoms with E-state index in [2.05, 4.69) is 69.3 Å². The average molecular weight is 401 g/mol. The van der Waals surface area contributed by atoms with Gasteiger partial charge in [-0.15, -0.1) is 22.7 Å². The largest absolute Gasteiger partial charge is 0.215 e. The van der Waals surface area contributed by atoms with Gasteiger partial charge in [-0.25, -0.2) is 9.97 Å². The van der Waals surface area contributed by atoms with Crippen molar-refractivity contribution in [3.05, 3.63) is 72.3 Å². The molecule has 0 atom stereocenters. The lowest BCUT2D eigenvalue weighted by Gasteiger charge is -2.22. The second-order valence-electron chi connectivity index (χ2n) is 8.01. The molecule has 3 aromatic carbocycles. The molecule has 0 aliphatic rings. The van der Waals surface area contributed by atoms with Gasteiger partial charge in [-0.2, -0.15) is 0 Å². The van der Waals surface area contributed by atoms with Gasteiger partial charge in [0.2, 0.25) is 0 Å². The van der Waals surface area contributed by atoms with Crippen LogP contribution in [0.4, 0.5) is 0 Å². The van der Waals surface area contributed by atoms with Crippen LogP contribution in [-0.4, -0.2) is 9.97 Å². The third kappa shape index (κ3) is 3.03. The maximum Gasteiger partial charge on any atom is 0.182 e. The smallest absolute Gasteiger partial charge is 0.182 e. The monoisotopic (exact) mass is 400 g/mol. The number of hydrogen-bond acceptors (Lipinski definition) is 4. The van der Waals surface area contributed by atoms with Crippen molar-refractivity contribution in [1.29, 1.82) is 0 Å². The molecule has 138 valence electrons. The third-order valence-corrected chi connectivity index (χ3v) is 7.19. The molecule has 0 aliphatic carbocycles. The van der Waals surface area contributed by atoms with Crippen LogP contribution < -0.4 is 0 Å². The standard InChI is InChI=1S/C24H20N2S2/c1-24(2,3)19-14-17(13-16-11-7-8-12-18(16)19)22-26-20-23(28-22)27-21(25-20)15-9-5-4-6-10-15/h4-14H,1-3H3. The summed E-state index contributed by atoms with van der Waals surface area (Å²) < 4.78 is 1.18. The predicted octanol–water partition coefficient (Wildman–Crippen LogP) is 7.54. The molecule has 0 aliphatic heterocycles. The summed E-state index contributed by atoms with van der Waals surface area (Å²) in [6.45, 7) is 6.81. The molecule has 2 aromatic heterocycles. The molecule has 0 saturated carbocycles. The molecule has 0 spiro atoms. The minimum absolute atomic E-state index is 0.0724. The zero-order valence-corrected chi connectivity index (χ0v) is 17.7. The molecule has 0 fully saturated rings. The Hall–Kier alpha value is -2.56. The number of rotatable bonds is 2. The van der Waals surface area contributed by atoms with E-state index in [1.54, 1.807) is 22.7 Å². The summed E-state index contributed by atoms with van der Waals surface area (Å²) in [4.78, 5) is 9.66. The Kier molecular flexibility index (Phi) is 4.07. The van der Waals surface area contributed by atoms with E-state index in [1.165, 1.54) is 25.9 Å². The van der Waals surface area contributed by atoms with Gasteiger partial charge in [-0.3, -0.25) is 0 Å². The van der Waals surface area contributed by atoms with Crippen LogP contribution in [0.15, 0.2) is 66.7 Å². The van der Waals surface area contributed by atoms with Crippen molar-refractivity contribution in [3.63, 3.8) is 0 Å². The van der Waals surface area contributed by atoms with Crippen LogP contribution >= 0.6 is 22.7 Å². The summed E-state index contributed by atoms with van der Waals surface area (Å²) in [5.74, 6) is 0. The molecule has 0 saturated heterocycles. The van der Waals surface area contributed by atoms with Gasteiger partial charge in [0.25, 0.3) is 0 Å². The molecule has 4 heteroatoms. The Bertz CT molecular complexity index is 1260. The first-order chi connectivity index (χ1) is 13.5. The van der Waals surface area contributed by atoms with Crippen molar-refractivity contribution < 1.29 is 0 Å². The maximum atomic E-state index is 4.88. The van der Waals surface area contributed by atoms with Crippen molar-refractivity contribution in [2.75, 3.05) is 0 Å². The average Bonchev–Trinajstić information content (AvgIpc) is 3.26. The molecule has 0 amide bonds. The fourth-order valence-electron chi connectivity index (χ4n) is 3.52. The van der Waals surface area contributed by atoms with E-state index >= 15 is 0 Å². The quantitative estimate of drug-likeness (QED) is 0.306. The third-order valence-electron chi connectivity index (χ3n) is 4.91. The van der Waals surface area contributed by atoms with Gasteiger partial charge >= 0.3 is 0 Å². The van der Waals surface area contributed by atoms with Gasteiger partial charge in [-0.1, -0.05) is 75.4 Å². The topological polar surface area (TPSA) is 25.8 Å². The molecule has 5 aromatic rings. The van der Waals surface area contributed by atoms with Gasteiger partial charge < -0.3 is 0 Å². The molecule has 28 heavy (non-hydrogen) atoms. The fourth-order valence-corrected chi connectivity index (χ4v) is 5.63. The van der Waals surface area contributed by atoms with Gasteiger partial charge in [-0.05, 0) is 33.9 Å². The first kappa shape index (κ1) is 17.5. The molecule has 0 unspecified atom stereocenters. The second kappa shape index (κ2) is 6.50. The molecule has 0 bridgehead atoms. The lowest BCUT2D eigenvalue weighted by molar-refractivity contribution is 0.596. The Labute approximate surface area is 172 Å². The van der Waals surface area contributed by atoms with Gasteiger partial charge in [0.1, 0.15) is 14.0 Å². The predicted molar refractivity (Wildman–Crippen MR) is 122 cm³/mol. The number of aromatic nitrogens is 2. The van der Waals surface area contributed by atoms with Crippen LogP contribution in [0.3, 0.4) is 0 Å². The first-order valence-electron chi connectivity index (χ1n) is 9.35. The van der Waals surface area contributed by atoms with Crippen LogP contribution in [0.5, 0.6) is 0 Å². The van der Waals surface area contributed by atoms with Gasteiger partial charge in [0.05, 0.1) is 0 Å². The molecule has 0 N–H and O–H groups in total. The highest BCUT2D eigenvalue weighted by atomic mass is 32.2. The summed E-state index contributed by atoms with van der Waals surface area (Å²) in [5.41, 5.74) is 4.62. The number of nitrogens with zero attached hydrogens (tertiary/aromatic N) is 2. The summed E-state index contributed by atoms with van der Waals surface area (Å²) in [5, 5.41) is 4.67. The van der Waals surface area contributed by atoms with E-state index < -0.39 is 0 Å². The van der Waals surface area contributed by atoms with Crippen molar-refractivity contribution in [2.45, 2.75) is 26.2 Å². The minimum atomic E-state index is 0.0724. The van der Waals surface area contributed by atoms with Crippen LogP contribution in [0.2, 0.25) is 0 Å². The lowest BCUT2D eigenvalue weighted by Crippen LogP contribution is -2.11. The molecular weight excluding hydrogens is 380 g/mol. The highest BCUT2D eigenvalue weighted by molar-refractivity contribution is 7.40. The van der Waals surface area contributed by atoms with E-state index in [9.17, 15) is 0 Å². The molecule has 5 rings (SSSR count). The zero-order valence-electron chi connectivity index (χ0n) is 16.1. The van der Waals surface area contributed by atoms with Crippen molar-refractivity contribution in [2.24, 2.45) is 0 Å². The first-order valence-corrected chi connectivity index (χ1v) is 11.0. The minimum Gasteiger partial charge on any atom is -0.215 e. The highest BCUT2D eigenvalue weighted by Gasteiger charge is 2.20. The Morgan fingerprint density at radius 2 is 1.36 bits per heavy atom. The normalized spacial score (nSPS) is 12.1. The van der Waals surface area contributed by atoms with Gasteiger partial charge in [0, 0.05) is 11.1 Å². The Balaban J connectivity index is 1.64. The number of thiazole rings is 2. The van der Waals surface area contributed by atoms with Crippen molar-refractivity contribution in [3.8, 4) is 21.1 Å². The van der Waals surface area contributed by atoms with Gasteiger partial charge in [0.15, 0.2) is 5.65 Å². The fraction of sp³-hybridized carbons (Fsp3) is 0.167. The second-order valence-corrected chi connectivity index (χ2v) is 10.3. The maximum absolute atomic E-state index is 4.88. The van der Waals surface area contributed by atoms with Crippen LogP contribution in [0, 0.1) is 0 Å². The summed E-state index contributed by atoms with van der Waals surface area (Å²) in [6, 6.07) is 23.5. The molecular formula is C24H20N2S2. The summed E-state index contributed by atoms with van der Waals surface area (Å²) in [7, 11) is 0. The van der Waals surface area contributed by atoms with E-state index in [4.69, 9.17) is 9.97 Å². The van der Waals surface area contributed by atoms with Crippen LogP contribution in [0.1, 0.15) is 26.3 Å². The Morgan fingerprint density at radius 3 is 2.04 bits per heavy atom. The van der Waals surface area contributed by atoms with Crippen LogP contribution in [0.25, 0.3) is 41.6 Å². The highest BCUT2D eigenvalue weighted by Crippen LogP contribution is 2.40. The van der Waals surface area contributed by atoms with Crippen molar-refractivity contribution >= 4 is 43.1 Å². The van der Waals surface area contributed by atoms with E-state index in [1.807, 2.05) is 18.2 Å². The number of hydrogen-bond donors (Lipinski definition) is 0. The van der Waals surface area contributed by atoms with E-state index in [0.29, 0.717) is 0 Å². The number of benzene rings is 3. The molecule has 0 radical (unpaired) electrons. The molecule has 2 heterocycles. The summed E-state index contributed by atoms with van der Waals surface area (Å²) >= 11 is 3.46. The number of fused-ring (bicyclic) bond motifs is 2. The zero-order chi connectivity index (χ0) is 19.3. The SMILES string of the molecule is CC(C)(C)c1cc(-c2nc3nc(-c4ccccc4)sc3s2)cc2ccccc12.